The summed E-state index contributed by atoms with van der Waals surface area (Å²) in [6.07, 6.45) is 3.14. The van der Waals surface area contributed by atoms with Crippen molar-refractivity contribution in [3.05, 3.63) is 22.7 Å². The first-order chi connectivity index (χ1) is 9.46. The number of aliphatic hydroxyl groups is 1. The lowest BCUT2D eigenvalue weighted by atomic mass is 10.0. The van der Waals surface area contributed by atoms with E-state index in [2.05, 4.69) is 15.9 Å². The number of halogens is 1. The molecule has 112 valence electrons. The molecule has 1 heterocycles. The van der Waals surface area contributed by atoms with Crippen LogP contribution in [-0.2, 0) is 10.0 Å². The van der Waals surface area contributed by atoms with E-state index in [1.54, 1.807) is 6.07 Å². The second kappa shape index (κ2) is 6.43. The van der Waals surface area contributed by atoms with Crippen LogP contribution in [-0.4, -0.2) is 37.0 Å². The van der Waals surface area contributed by atoms with Gasteiger partial charge >= 0.3 is 0 Å². The van der Waals surface area contributed by atoms with Gasteiger partial charge in [-0.05, 0) is 53.4 Å². The fraction of sp³-hybridized carbons (Fsp3) is 0.538. The van der Waals surface area contributed by atoms with E-state index in [0.29, 0.717) is 23.1 Å². The molecule has 0 saturated carbocycles. The highest BCUT2D eigenvalue weighted by Gasteiger charge is 2.33. The average molecular weight is 363 g/mol. The maximum absolute atomic E-state index is 12.7. The van der Waals surface area contributed by atoms with Crippen LogP contribution < -0.4 is 5.73 Å². The molecule has 2 rings (SSSR count). The van der Waals surface area contributed by atoms with Gasteiger partial charge in [0.1, 0.15) is 0 Å². The van der Waals surface area contributed by atoms with Crippen LogP contribution >= 0.6 is 15.9 Å². The van der Waals surface area contributed by atoms with Crippen LogP contribution in [0.15, 0.2) is 27.6 Å². The highest BCUT2D eigenvalue weighted by atomic mass is 79.9. The number of piperidine rings is 1. The van der Waals surface area contributed by atoms with E-state index in [1.165, 1.54) is 16.4 Å². The Hall–Kier alpha value is -0.630. The van der Waals surface area contributed by atoms with E-state index in [1.807, 2.05) is 0 Å². The molecule has 5 nitrogen and oxygen atoms in total. The van der Waals surface area contributed by atoms with Crippen molar-refractivity contribution in [2.45, 2.75) is 36.6 Å². The smallest absolute Gasteiger partial charge is 0.243 e. The monoisotopic (exact) mass is 362 g/mol. The Balaban J connectivity index is 2.34. The zero-order valence-corrected chi connectivity index (χ0v) is 13.5. The van der Waals surface area contributed by atoms with Gasteiger partial charge in [-0.2, -0.15) is 4.31 Å². The molecule has 1 aliphatic rings. The van der Waals surface area contributed by atoms with Gasteiger partial charge in [0.2, 0.25) is 10.0 Å². The number of anilines is 1. The summed E-state index contributed by atoms with van der Waals surface area (Å²) in [6, 6.07) is 4.53. The van der Waals surface area contributed by atoms with E-state index in [9.17, 15) is 8.42 Å². The first-order valence-electron chi connectivity index (χ1n) is 6.64. The van der Waals surface area contributed by atoms with Gasteiger partial charge in [0.15, 0.2) is 0 Å². The van der Waals surface area contributed by atoms with Crippen molar-refractivity contribution >= 4 is 31.6 Å². The average Bonchev–Trinajstić information content (AvgIpc) is 2.42. The maximum atomic E-state index is 12.7. The number of nitrogens with zero attached hydrogens (tertiary/aromatic N) is 1. The molecule has 1 aromatic rings. The molecule has 0 amide bonds. The lowest BCUT2D eigenvalue weighted by Gasteiger charge is -2.34. The molecule has 0 bridgehead atoms. The van der Waals surface area contributed by atoms with Crippen molar-refractivity contribution in [1.29, 1.82) is 0 Å². The molecule has 1 saturated heterocycles. The Labute approximate surface area is 128 Å². The molecule has 20 heavy (non-hydrogen) atoms. The molecule has 1 unspecified atom stereocenters. The summed E-state index contributed by atoms with van der Waals surface area (Å²) in [5.41, 5.74) is 6.21. The summed E-state index contributed by atoms with van der Waals surface area (Å²) in [4.78, 5) is 0.239. The van der Waals surface area contributed by atoms with Crippen molar-refractivity contribution in [2.75, 3.05) is 18.9 Å². The minimum Gasteiger partial charge on any atom is -0.398 e. The zero-order valence-electron chi connectivity index (χ0n) is 11.1. The standard InChI is InChI=1S/C13H19BrN2O3S/c14-12-9-11(4-5-13(12)15)20(18,19)16-7-2-1-3-10(16)6-8-17/h4-5,9-10,17H,1-3,6-8,15H2. The predicted octanol–water partition coefficient (Wildman–Crippen LogP) is 1.96. The van der Waals surface area contributed by atoms with E-state index >= 15 is 0 Å². The van der Waals surface area contributed by atoms with Gasteiger partial charge in [0.25, 0.3) is 0 Å². The summed E-state index contributed by atoms with van der Waals surface area (Å²) in [6.45, 7) is 0.511. The highest BCUT2D eigenvalue weighted by Crippen LogP contribution is 2.29. The number of hydrogen-bond donors (Lipinski definition) is 2. The fourth-order valence-electron chi connectivity index (χ4n) is 2.53. The van der Waals surface area contributed by atoms with Gasteiger partial charge < -0.3 is 10.8 Å². The van der Waals surface area contributed by atoms with Crippen LogP contribution in [0, 0.1) is 0 Å². The van der Waals surface area contributed by atoms with Gasteiger partial charge in [-0.25, -0.2) is 8.42 Å². The minimum atomic E-state index is -3.54. The van der Waals surface area contributed by atoms with Crippen molar-refractivity contribution in [1.82, 2.24) is 4.31 Å². The largest absolute Gasteiger partial charge is 0.398 e. The summed E-state index contributed by atoms with van der Waals surface area (Å²) in [5.74, 6) is 0. The molecule has 1 atom stereocenters. The highest BCUT2D eigenvalue weighted by molar-refractivity contribution is 9.10. The third kappa shape index (κ3) is 3.16. The van der Waals surface area contributed by atoms with E-state index in [-0.39, 0.29) is 17.5 Å². The molecule has 0 spiro atoms. The van der Waals surface area contributed by atoms with Crippen LogP contribution in [0.3, 0.4) is 0 Å². The number of hydrogen-bond acceptors (Lipinski definition) is 4. The van der Waals surface area contributed by atoms with Crippen LogP contribution in [0.5, 0.6) is 0 Å². The normalized spacial score (nSPS) is 21.0. The van der Waals surface area contributed by atoms with Gasteiger partial charge in [-0.1, -0.05) is 6.42 Å². The lowest BCUT2D eigenvalue weighted by Crippen LogP contribution is -2.44. The number of benzene rings is 1. The summed E-state index contributed by atoms with van der Waals surface area (Å²) in [5, 5.41) is 9.11. The maximum Gasteiger partial charge on any atom is 0.243 e. The minimum absolute atomic E-state index is 0.00210. The Morgan fingerprint density at radius 3 is 2.80 bits per heavy atom. The third-order valence-corrected chi connectivity index (χ3v) is 6.25. The van der Waals surface area contributed by atoms with Crippen LogP contribution in [0.25, 0.3) is 0 Å². The first kappa shape index (κ1) is 15.8. The number of nitrogens with two attached hydrogens (primary N) is 1. The first-order valence-corrected chi connectivity index (χ1v) is 8.88. The molecular formula is C13H19BrN2O3S. The third-order valence-electron chi connectivity index (χ3n) is 3.61. The Morgan fingerprint density at radius 1 is 1.40 bits per heavy atom. The predicted molar refractivity (Wildman–Crippen MR) is 81.8 cm³/mol. The summed E-state index contributed by atoms with van der Waals surface area (Å²) < 4.78 is 27.5. The van der Waals surface area contributed by atoms with Crippen LogP contribution in [0.1, 0.15) is 25.7 Å². The van der Waals surface area contributed by atoms with Crippen molar-refractivity contribution in [3.8, 4) is 0 Å². The van der Waals surface area contributed by atoms with E-state index in [4.69, 9.17) is 10.8 Å². The van der Waals surface area contributed by atoms with Crippen molar-refractivity contribution in [2.24, 2.45) is 0 Å². The van der Waals surface area contributed by atoms with Gasteiger partial charge in [0.05, 0.1) is 4.90 Å². The van der Waals surface area contributed by atoms with E-state index in [0.717, 1.165) is 19.3 Å². The lowest BCUT2D eigenvalue weighted by molar-refractivity contribution is 0.192. The number of sulfonamides is 1. The number of nitrogen functional groups attached to an aromatic ring is 1. The Morgan fingerprint density at radius 2 is 2.15 bits per heavy atom. The summed E-state index contributed by atoms with van der Waals surface area (Å²) >= 11 is 3.26. The number of rotatable bonds is 4. The quantitative estimate of drug-likeness (QED) is 0.801. The second-order valence-corrected chi connectivity index (χ2v) is 7.71. The molecule has 0 aromatic heterocycles. The summed E-state index contributed by atoms with van der Waals surface area (Å²) in [7, 11) is -3.54. The zero-order chi connectivity index (χ0) is 14.8. The SMILES string of the molecule is Nc1ccc(S(=O)(=O)N2CCCCC2CCO)cc1Br. The van der Waals surface area contributed by atoms with Gasteiger partial charge in [-0.3, -0.25) is 0 Å². The molecule has 1 aliphatic heterocycles. The molecule has 1 fully saturated rings. The molecule has 0 aliphatic carbocycles. The van der Waals surface area contributed by atoms with Crippen LogP contribution in [0.4, 0.5) is 5.69 Å². The topological polar surface area (TPSA) is 83.6 Å². The number of aliphatic hydroxyl groups excluding tert-OH is 1. The molecule has 1 aromatic carbocycles. The molecule has 0 radical (unpaired) electrons. The van der Waals surface area contributed by atoms with Crippen molar-refractivity contribution < 1.29 is 13.5 Å². The Bertz CT molecular complexity index is 575. The molecule has 7 heteroatoms. The van der Waals surface area contributed by atoms with E-state index < -0.39 is 10.0 Å². The Kier molecular flexibility index (Phi) is 5.06. The molecule has 3 N–H and O–H groups in total. The second-order valence-electron chi connectivity index (χ2n) is 4.96. The van der Waals surface area contributed by atoms with Crippen LogP contribution in [0.2, 0.25) is 0 Å². The van der Waals surface area contributed by atoms with Gasteiger partial charge in [-0.15, -0.1) is 0 Å². The fourth-order valence-corrected chi connectivity index (χ4v) is 4.81. The molecular weight excluding hydrogens is 344 g/mol. The van der Waals surface area contributed by atoms with Gasteiger partial charge in [0, 0.05) is 29.4 Å². The van der Waals surface area contributed by atoms with Crippen molar-refractivity contribution in [3.63, 3.8) is 0 Å².